The van der Waals surface area contributed by atoms with E-state index in [4.69, 9.17) is 18.0 Å². The molecule has 0 saturated heterocycles. The molecule has 0 aliphatic rings. The van der Waals surface area contributed by atoms with Gasteiger partial charge in [0.25, 0.3) is 0 Å². The van der Waals surface area contributed by atoms with E-state index in [0.717, 1.165) is 0 Å². The molecule has 0 radical (unpaired) electrons. The molecule has 0 bridgehead atoms. The van der Waals surface area contributed by atoms with Gasteiger partial charge in [0.1, 0.15) is 0 Å². The molecule has 6 heteroatoms. The quantitative estimate of drug-likeness (QED) is 0.211. The summed E-state index contributed by atoms with van der Waals surface area (Å²) in [4.78, 5) is 11.2. The highest BCUT2D eigenvalue weighted by Crippen LogP contribution is 2.14. The van der Waals surface area contributed by atoms with Crippen LogP contribution in [0.15, 0.2) is 24.3 Å². The van der Waals surface area contributed by atoms with Gasteiger partial charge in [-0.1, -0.05) is 18.2 Å². The lowest BCUT2D eigenvalue weighted by Crippen LogP contribution is -2.42. The molecule has 0 aromatic rings. The zero-order valence-corrected chi connectivity index (χ0v) is 12.5. The van der Waals surface area contributed by atoms with Crippen LogP contribution in [0, 0.1) is 0 Å². The average molecular weight is 274 g/mol. The lowest BCUT2D eigenvalue weighted by molar-refractivity contribution is -0.137. The molecule has 0 fully saturated rings. The van der Waals surface area contributed by atoms with E-state index in [1.807, 2.05) is 13.0 Å². The third-order valence-electron chi connectivity index (χ3n) is 2.34. The van der Waals surface area contributed by atoms with Crippen molar-refractivity contribution < 1.29 is 22.8 Å². The largest absolute Gasteiger partial charge is 0.500 e. The van der Waals surface area contributed by atoms with Crippen LogP contribution in [0.5, 0.6) is 0 Å². The molecule has 0 aliphatic carbocycles. The molecular weight excluding hydrogens is 252 g/mol. The summed E-state index contributed by atoms with van der Waals surface area (Å²) in [6.07, 6.45) is 7.26. The number of esters is 1. The van der Waals surface area contributed by atoms with Gasteiger partial charge < -0.3 is 18.0 Å². The molecule has 0 aliphatic heterocycles. The molecular formula is C12H22O5Si. The third-order valence-corrected chi connectivity index (χ3v) is 5.17. The van der Waals surface area contributed by atoms with Gasteiger partial charge in [0.2, 0.25) is 0 Å². The first-order valence-electron chi connectivity index (χ1n) is 5.75. The molecule has 5 nitrogen and oxygen atoms in total. The second-order valence-electron chi connectivity index (χ2n) is 3.45. The van der Waals surface area contributed by atoms with Crippen molar-refractivity contribution in [3.8, 4) is 0 Å². The molecule has 0 aromatic carbocycles. The summed E-state index contributed by atoms with van der Waals surface area (Å²) in [5.74, 6) is -0.354. The number of rotatable bonds is 9. The zero-order chi connectivity index (χ0) is 13.9. The lowest BCUT2D eigenvalue weighted by Gasteiger charge is -2.23. The Morgan fingerprint density at radius 1 is 1.11 bits per heavy atom. The summed E-state index contributed by atoms with van der Waals surface area (Å²) in [5.41, 5.74) is 0. The Hall–Kier alpha value is -0.953. The van der Waals surface area contributed by atoms with Crippen LogP contribution in [-0.2, 0) is 22.8 Å². The fourth-order valence-electron chi connectivity index (χ4n) is 1.31. The van der Waals surface area contributed by atoms with E-state index < -0.39 is 8.80 Å². The molecule has 0 atom stereocenters. The van der Waals surface area contributed by atoms with Crippen molar-refractivity contribution in [2.24, 2.45) is 0 Å². The Labute approximate surface area is 110 Å². The average Bonchev–Trinajstić information content (AvgIpc) is 2.40. The maximum absolute atomic E-state index is 11.2. The van der Waals surface area contributed by atoms with Crippen molar-refractivity contribution in [3.63, 3.8) is 0 Å². The Kier molecular flexibility index (Phi) is 9.48. The zero-order valence-electron chi connectivity index (χ0n) is 11.5. The van der Waals surface area contributed by atoms with Gasteiger partial charge in [-0.3, -0.25) is 0 Å². The predicted molar refractivity (Wildman–Crippen MR) is 71.1 cm³/mol. The summed E-state index contributed by atoms with van der Waals surface area (Å²) in [6.45, 7) is 2.20. The first kappa shape index (κ1) is 17.0. The summed E-state index contributed by atoms with van der Waals surface area (Å²) in [5, 5.41) is 0. The van der Waals surface area contributed by atoms with Crippen LogP contribution in [-0.4, -0.2) is 42.7 Å². The Morgan fingerprint density at radius 2 is 1.72 bits per heavy atom. The van der Waals surface area contributed by atoms with Gasteiger partial charge >= 0.3 is 14.8 Å². The van der Waals surface area contributed by atoms with Crippen LogP contribution in [0.4, 0.5) is 0 Å². The van der Waals surface area contributed by atoms with Crippen molar-refractivity contribution in [2.75, 3.05) is 27.9 Å². The number of hydrogen-bond acceptors (Lipinski definition) is 5. The molecule has 0 amide bonds. The number of carbonyl (C=O) groups is 1. The van der Waals surface area contributed by atoms with E-state index in [2.05, 4.69) is 0 Å². The number of carbonyl (C=O) groups excluding carboxylic acids is 1. The van der Waals surface area contributed by atoms with E-state index in [9.17, 15) is 4.79 Å². The summed E-state index contributed by atoms with van der Waals surface area (Å²) in [6, 6.07) is 0.613. The SMILES string of the molecule is C/C=C/C=C/C(=O)OCCC[Si](OC)(OC)OC. The van der Waals surface area contributed by atoms with Crippen molar-refractivity contribution in [3.05, 3.63) is 24.3 Å². The van der Waals surface area contributed by atoms with Crippen LogP contribution in [0.3, 0.4) is 0 Å². The second-order valence-corrected chi connectivity index (χ2v) is 6.54. The van der Waals surface area contributed by atoms with Crippen molar-refractivity contribution in [1.29, 1.82) is 0 Å². The lowest BCUT2D eigenvalue weighted by atomic mass is 10.4. The summed E-state index contributed by atoms with van der Waals surface area (Å²) in [7, 11) is 2.14. The van der Waals surface area contributed by atoms with Gasteiger partial charge in [-0.15, -0.1) is 0 Å². The maximum Gasteiger partial charge on any atom is 0.500 e. The number of allylic oxidation sites excluding steroid dienone is 3. The molecule has 18 heavy (non-hydrogen) atoms. The predicted octanol–water partition coefficient (Wildman–Crippen LogP) is 1.93. The van der Waals surface area contributed by atoms with Gasteiger partial charge in [0, 0.05) is 33.4 Å². The highest BCUT2D eigenvalue weighted by Gasteiger charge is 2.36. The molecule has 0 heterocycles. The standard InChI is InChI=1S/C12H22O5Si/c1-5-6-7-9-12(13)17-10-8-11-18(14-2,15-3)16-4/h5-7,9H,8,10-11H2,1-4H3/b6-5+,9-7+. The molecule has 104 valence electrons. The van der Waals surface area contributed by atoms with Crippen molar-refractivity contribution in [2.45, 2.75) is 19.4 Å². The Bertz CT molecular complexity index is 276. The van der Waals surface area contributed by atoms with Crippen molar-refractivity contribution >= 4 is 14.8 Å². The first-order chi connectivity index (χ1) is 8.64. The Balaban J connectivity index is 3.88. The fourth-order valence-corrected chi connectivity index (χ4v) is 3.00. The van der Waals surface area contributed by atoms with Gasteiger partial charge in [0.05, 0.1) is 6.61 Å². The van der Waals surface area contributed by atoms with Crippen molar-refractivity contribution in [1.82, 2.24) is 0 Å². The highest BCUT2D eigenvalue weighted by molar-refractivity contribution is 6.60. The molecule has 0 aromatic heterocycles. The van der Waals surface area contributed by atoms with Crippen LogP contribution >= 0.6 is 0 Å². The Morgan fingerprint density at radius 3 is 2.22 bits per heavy atom. The highest BCUT2D eigenvalue weighted by atomic mass is 28.4. The van der Waals surface area contributed by atoms with Crippen LogP contribution < -0.4 is 0 Å². The second kappa shape index (κ2) is 10.0. The number of hydrogen-bond donors (Lipinski definition) is 0. The maximum atomic E-state index is 11.2. The van der Waals surface area contributed by atoms with E-state index in [-0.39, 0.29) is 5.97 Å². The molecule has 0 unspecified atom stereocenters. The first-order valence-corrected chi connectivity index (χ1v) is 7.69. The van der Waals surface area contributed by atoms with Gasteiger partial charge in [0.15, 0.2) is 0 Å². The minimum atomic E-state index is -2.54. The van der Waals surface area contributed by atoms with E-state index in [1.165, 1.54) is 6.08 Å². The minimum absolute atomic E-state index is 0.323. The summed E-state index contributed by atoms with van der Waals surface area (Å²) < 4.78 is 20.8. The van der Waals surface area contributed by atoms with Crippen LogP contribution in [0.2, 0.25) is 6.04 Å². The molecule has 0 N–H and O–H groups in total. The third kappa shape index (κ3) is 6.70. The molecule has 0 spiro atoms. The molecule has 0 rings (SSSR count). The molecule has 0 saturated carbocycles. The van der Waals surface area contributed by atoms with E-state index >= 15 is 0 Å². The van der Waals surface area contributed by atoms with E-state index in [0.29, 0.717) is 19.1 Å². The minimum Gasteiger partial charge on any atom is -0.463 e. The topological polar surface area (TPSA) is 54.0 Å². The number of ether oxygens (including phenoxy) is 1. The monoisotopic (exact) mass is 274 g/mol. The normalized spacial score (nSPS) is 12.4. The fraction of sp³-hybridized carbons (Fsp3) is 0.583. The van der Waals surface area contributed by atoms with Gasteiger partial charge in [-0.05, 0) is 13.3 Å². The van der Waals surface area contributed by atoms with Gasteiger partial charge in [-0.25, -0.2) is 4.79 Å². The van der Waals surface area contributed by atoms with E-state index in [1.54, 1.807) is 33.5 Å². The van der Waals surface area contributed by atoms with Gasteiger partial charge in [-0.2, -0.15) is 0 Å². The smallest absolute Gasteiger partial charge is 0.463 e. The summed E-state index contributed by atoms with van der Waals surface area (Å²) >= 11 is 0. The van der Waals surface area contributed by atoms with Crippen LogP contribution in [0.25, 0.3) is 0 Å². The van der Waals surface area contributed by atoms with Crippen LogP contribution in [0.1, 0.15) is 13.3 Å².